The summed E-state index contributed by atoms with van der Waals surface area (Å²) in [4.78, 5) is 2.39. The number of benzene rings is 1. The van der Waals surface area contributed by atoms with Gasteiger partial charge < -0.3 is 15.0 Å². The third-order valence-corrected chi connectivity index (χ3v) is 3.92. The minimum Gasteiger partial charge on any atom is -0.383 e. The molecule has 0 bridgehead atoms. The Morgan fingerprint density at radius 2 is 2.05 bits per heavy atom. The lowest BCUT2D eigenvalue weighted by molar-refractivity contribution is 0.0562. The van der Waals surface area contributed by atoms with Crippen LogP contribution in [0, 0.1) is 5.92 Å². The Balaban J connectivity index is 1.66. The maximum atomic E-state index is 6.11. The van der Waals surface area contributed by atoms with Crippen molar-refractivity contribution in [3.8, 4) is 0 Å². The number of hydrogen-bond donors (Lipinski definition) is 1. The molecule has 4 heteroatoms. The van der Waals surface area contributed by atoms with Crippen molar-refractivity contribution >= 4 is 17.3 Å². The van der Waals surface area contributed by atoms with Gasteiger partial charge in [0, 0.05) is 32.8 Å². The van der Waals surface area contributed by atoms with Crippen molar-refractivity contribution in [3.63, 3.8) is 0 Å². The molecule has 3 nitrogen and oxygen atoms in total. The molecule has 1 aromatic rings. The molecule has 1 N–H and O–H groups in total. The van der Waals surface area contributed by atoms with Crippen LogP contribution in [0.5, 0.6) is 0 Å². The molecule has 106 valence electrons. The van der Waals surface area contributed by atoms with Crippen LogP contribution in [0.1, 0.15) is 12.8 Å². The summed E-state index contributed by atoms with van der Waals surface area (Å²) < 4.78 is 5.39. The standard InChI is InChI=1S/C15H23ClN2O/c1-18(12-13-6-10-19-11-7-13)9-8-17-15-5-3-2-4-14(15)16/h2-5,13,17H,6-12H2,1H3. The first kappa shape index (κ1) is 14.6. The van der Waals surface area contributed by atoms with E-state index >= 15 is 0 Å². The van der Waals surface area contributed by atoms with E-state index in [0.717, 1.165) is 49.5 Å². The highest BCUT2D eigenvalue weighted by Crippen LogP contribution is 2.20. The molecule has 1 aromatic carbocycles. The first-order valence-electron chi connectivity index (χ1n) is 7.00. The Kier molecular flexibility index (Phi) is 5.95. The summed E-state index contributed by atoms with van der Waals surface area (Å²) in [7, 11) is 2.18. The molecule has 0 atom stereocenters. The van der Waals surface area contributed by atoms with Crippen LogP contribution >= 0.6 is 11.6 Å². The van der Waals surface area contributed by atoms with Crippen molar-refractivity contribution in [1.29, 1.82) is 0 Å². The maximum Gasteiger partial charge on any atom is 0.0637 e. The predicted octanol–water partition coefficient (Wildman–Crippen LogP) is 3.11. The number of rotatable bonds is 6. The third-order valence-electron chi connectivity index (χ3n) is 3.59. The minimum atomic E-state index is 0.787. The molecule has 0 aromatic heterocycles. The molecule has 0 amide bonds. The molecule has 1 aliphatic rings. The van der Waals surface area contributed by atoms with Gasteiger partial charge in [0.1, 0.15) is 0 Å². The van der Waals surface area contributed by atoms with E-state index in [4.69, 9.17) is 16.3 Å². The van der Waals surface area contributed by atoms with E-state index in [2.05, 4.69) is 17.3 Å². The number of likely N-dealkylation sites (N-methyl/N-ethyl adjacent to an activating group) is 1. The van der Waals surface area contributed by atoms with Crippen LogP contribution in [0.3, 0.4) is 0 Å². The molecule has 1 heterocycles. The molecule has 0 saturated carbocycles. The minimum absolute atomic E-state index is 0.787. The molecule has 0 unspecified atom stereocenters. The average molecular weight is 283 g/mol. The number of nitrogens with zero attached hydrogens (tertiary/aromatic N) is 1. The lowest BCUT2D eigenvalue weighted by Crippen LogP contribution is -2.32. The zero-order valence-corrected chi connectivity index (χ0v) is 12.3. The van der Waals surface area contributed by atoms with E-state index in [1.54, 1.807) is 0 Å². The lowest BCUT2D eigenvalue weighted by atomic mass is 10.00. The van der Waals surface area contributed by atoms with Crippen molar-refractivity contribution < 1.29 is 4.74 Å². The van der Waals surface area contributed by atoms with Gasteiger partial charge in [-0.15, -0.1) is 0 Å². The predicted molar refractivity (Wildman–Crippen MR) is 81.0 cm³/mol. The van der Waals surface area contributed by atoms with E-state index < -0.39 is 0 Å². The Hall–Kier alpha value is -0.770. The number of nitrogens with one attached hydrogen (secondary N) is 1. The zero-order chi connectivity index (χ0) is 13.5. The third kappa shape index (κ3) is 5.01. The SMILES string of the molecule is CN(CCNc1ccccc1Cl)CC1CCOCC1. The van der Waals surface area contributed by atoms with E-state index in [1.165, 1.54) is 12.8 Å². The van der Waals surface area contributed by atoms with Crippen LogP contribution in [0.15, 0.2) is 24.3 Å². The summed E-state index contributed by atoms with van der Waals surface area (Å²) in [6.07, 6.45) is 2.39. The summed E-state index contributed by atoms with van der Waals surface area (Å²) in [6.45, 7) is 4.96. The Labute approximate surface area is 120 Å². The Morgan fingerprint density at radius 3 is 2.79 bits per heavy atom. The second kappa shape index (κ2) is 7.73. The van der Waals surface area contributed by atoms with E-state index in [0.29, 0.717) is 0 Å². The van der Waals surface area contributed by atoms with Gasteiger partial charge in [0.2, 0.25) is 0 Å². The van der Waals surface area contributed by atoms with Crippen LogP contribution in [-0.4, -0.2) is 44.8 Å². The molecule has 0 radical (unpaired) electrons. The van der Waals surface area contributed by atoms with Crippen molar-refractivity contribution in [2.75, 3.05) is 45.2 Å². The summed E-state index contributed by atoms with van der Waals surface area (Å²) in [5.41, 5.74) is 1.02. The number of ether oxygens (including phenoxy) is 1. The monoisotopic (exact) mass is 282 g/mol. The number of halogens is 1. The van der Waals surface area contributed by atoms with Crippen LogP contribution in [-0.2, 0) is 4.74 Å². The second-order valence-electron chi connectivity index (χ2n) is 5.22. The second-order valence-corrected chi connectivity index (χ2v) is 5.63. The molecule has 0 aliphatic carbocycles. The molecule has 1 saturated heterocycles. The summed E-state index contributed by atoms with van der Waals surface area (Å²) >= 11 is 6.11. The fraction of sp³-hybridized carbons (Fsp3) is 0.600. The molecule has 0 spiro atoms. The van der Waals surface area contributed by atoms with Gasteiger partial charge in [-0.05, 0) is 37.9 Å². The fourth-order valence-electron chi connectivity index (χ4n) is 2.45. The normalized spacial score (nSPS) is 16.8. The van der Waals surface area contributed by atoms with Gasteiger partial charge in [-0.2, -0.15) is 0 Å². The van der Waals surface area contributed by atoms with Gasteiger partial charge >= 0.3 is 0 Å². The van der Waals surface area contributed by atoms with Crippen LogP contribution in [0.4, 0.5) is 5.69 Å². The van der Waals surface area contributed by atoms with E-state index in [1.807, 2.05) is 24.3 Å². The zero-order valence-electron chi connectivity index (χ0n) is 11.6. The molecular weight excluding hydrogens is 260 g/mol. The Bertz CT molecular complexity index is 380. The van der Waals surface area contributed by atoms with Crippen molar-refractivity contribution in [2.45, 2.75) is 12.8 Å². The first-order chi connectivity index (χ1) is 9.25. The first-order valence-corrected chi connectivity index (χ1v) is 7.38. The number of anilines is 1. The average Bonchev–Trinajstić information content (AvgIpc) is 2.42. The highest BCUT2D eigenvalue weighted by Gasteiger charge is 2.15. The Morgan fingerprint density at radius 1 is 1.32 bits per heavy atom. The maximum absolute atomic E-state index is 6.11. The highest BCUT2D eigenvalue weighted by atomic mass is 35.5. The van der Waals surface area contributed by atoms with Crippen molar-refractivity contribution in [3.05, 3.63) is 29.3 Å². The molecular formula is C15H23ClN2O. The smallest absolute Gasteiger partial charge is 0.0637 e. The largest absolute Gasteiger partial charge is 0.383 e. The van der Waals surface area contributed by atoms with Crippen LogP contribution in [0.2, 0.25) is 5.02 Å². The van der Waals surface area contributed by atoms with Gasteiger partial charge in [-0.1, -0.05) is 23.7 Å². The van der Waals surface area contributed by atoms with Gasteiger partial charge in [0.05, 0.1) is 10.7 Å². The van der Waals surface area contributed by atoms with E-state index in [-0.39, 0.29) is 0 Å². The fourth-order valence-corrected chi connectivity index (χ4v) is 2.65. The quantitative estimate of drug-likeness (QED) is 0.868. The lowest BCUT2D eigenvalue weighted by Gasteiger charge is -2.27. The summed E-state index contributed by atoms with van der Waals surface area (Å²) in [6, 6.07) is 7.88. The van der Waals surface area contributed by atoms with Gasteiger partial charge in [-0.3, -0.25) is 0 Å². The van der Waals surface area contributed by atoms with Gasteiger partial charge in [0.25, 0.3) is 0 Å². The van der Waals surface area contributed by atoms with Crippen molar-refractivity contribution in [2.24, 2.45) is 5.92 Å². The molecule has 2 rings (SSSR count). The summed E-state index contributed by atoms with van der Waals surface area (Å²) in [5.74, 6) is 0.791. The van der Waals surface area contributed by atoms with Crippen LogP contribution < -0.4 is 5.32 Å². The topological polar surface area (TPSA) is 24.5 Å². The van der Waals surface area contributed by atoms with Crippen LogP contribution in [0.25, 0.3) is 0 Å². The number of hydrogen-bond acceptors (Lipinski definition) is 3. The van der Waals surface area contributed by atoms with Gasteiger partial charge in [-0.25, -0.2) is 0 Å². The molecule has 19 heavy (non-hydrogen) atoms. The van der Waals surface area contributed by atoms with E-state index in [9.17, 15) is 0 Å². The number of para-hydroxylation sites is 1. The summed E-state index contributed by atoms with van der Waals surface area (Å²) in [5, 5.41) is 4.17. The van der Waals surface area contributed by atoms with Gasteiger partial charge in [0.15, 0.2) is 0 Å². The highest BCUT2D eigenvalue weighted by molar-refractivity contribution is 6.33. The molecule has 1 aliphatic heterocycles. The molecule has 1 fully saturated rings. The van der Waals surface area contributed by atoms with Crippen molar-refractivity contribution in [1.82, 2.24) is 4.90 Å².